The number of hydrogen-bond donors (Lipinski definition) is 8. The van der Waals surface area contributed by atoms with E-state index in [0.717, 1.165) is 34.2 Å². The first-order valence-electron chi connectivity index (χ1n) is 32.2. The fourth-order valence-corrected chi connectivity index (χ4v) is 12.0. The number of epoxide rings is 1. The van der Waals surface area contributed by atoms with Gasteiger partial charge in [-0.25, -0.2) is 14.4 Å². The maximum Gasteiger partial charge on any atom is 0.408 e. The third-order valence-corrected chi connectivity index (χ3v) is 17.0. The lowest BCUT2D eigenvalue weighted by Gasteiger charge is -2.39. The summed E-state index contributed by atoms with van der Waals surface area (Å²) in [6, 6.07) is 19.3. The number of unbranched alkanes of at least 4 members (excludes halogenated alkanes) is 2. The Hall–Kier alpha value is -8.61. The van der Waals surface area contributed by atoms with Crippen LogP contribution in [0.25, 0.3) is 11.1 Å². The molecule has 10 N–H and O–H groups in total. The molecule has 0 bridgehead atoms. The van der Waals surface area contributed by atoms with E-state index < -0.39 is 66.2 Å². The molecular weight excluding hydrogens is 1190 g/mol. The molecule has 24 heteroatoms. The van der Waals surface area contributed by atoms with Crippen LogP contribution in [-0.2, 0) is 63.8 Å². The highest BCUT2D eigenvalue weighted by Gasteiger charge is 2.51. The largest absolute Gasteiger partial charge is 0.459 e. The molecule has 0 saturated carbocycles. The minimum Gasteiger partial charge on any atom is -0.459 e. The molecule has 10 atom stereocenters. The van der Waals surface area contributed by atoms with E-state index in [-0.39, 0.29) is 117 Å². The molecular formula is C69H93N9O15. The minimum absolute atomic E-state index is 0.0346. The van der Waals surface area contributed by atoms with Crippen LogP contribution in [0.15, 0.2) is 109 Å². The van der Waals surface area contributed by atoms with Gasteiger partial charge in [0, 0.05) is 57.0 Å². The Morgan fingerprint density at radius 1 is 0.763 bits per heavy atom. The molecule has 504 valence electrons. The number of nitrogens with zero attached hydrogens (tertiary/aromatic N) is 1. The zero-order chi connectivity index (χ0) is 67.2. The predicted octanol–water partition coefficient (Wildman–Crippen LogP) is 7.27. The lowest BCUT2D eigenvalue weighted by molar-refractivity contribution is -0.143. The van der Waals surface area contributed by atoms with Crippen molar-refractivity contribution in [3.05, 3.63) is 125 Å². The van der Waals surface area contributed by atoms with Gasteiger partial charge in [-0.05, 0) is 117 Å². The van der Waals surface area contributed by atoms with Gasteiger partial charge in [0.2, 0.25) is 23.6 Å². The molecule has 1 spiro atoms. The second-order valence-corrected chi connectivity index (χ2v) is 24.9. The van der Waals surface area contributed by atoms with E-state index in [2.05, 4.69) is 69.2 Å². The lowest BCUT2D eigenvalue weighted by Crippen LogP contribution is -2.57. The Kier molecular flexibility index (Phi) is 26.9. The number of alkyl carbamates (subject to hydrolysis) is 2. The third kappa shape index (κ3) is 22.3. The summed E-state index contributed by atoms with van der Waals surface area (Å²) in [4.78, 5) is 116. The van der Waals surface area contributed by atoms with E-state index in [1.807, 2.05) is 50.3 Å². The number of benzene rings is 3. The summed E-state index contributed by atoms with van der Waals surface area (Å²) in [5.41, 5.74) is 17.2. The smallest absolute Gasteiger partial charge is 0.408 e. The Morgan fingerprint density at radius 2 is 1.44 bits per heavy atom. The zero-order valence-electron chi connectivity index (χ0n) is 54.4. The number of allylic oxidation sites excluding steroid dienone is 2. The summed E-state index contributed by atoms with van der Waals surface area (Å²) < 4.78 is 34.7. The second-order valence-electron chi connectivity index (χ2n) is 24.9. The Balaban J connectivity index is 0.830. The summed E-state index contributed by atoms with van der Waals surface area (Å²) in [6.45, 7) is 13.4. The highest BCUT2D eigenvalue weighted by Crippen LogP contribution is 2.45. The second kappa shape index (κ2) is 34.9. The zero-order valence-corrected chi connectivity index (χ0v) is 54.4. The molecule has 7 rings (SSSR count). The quantitative estimate of drug-likeness (QED) is 0.00580. The molecule has 0 unspecified atom stereocenters. The van der Waals surface area contributed by atoms with E-state index in [1.54, 1.807) is 45.0 Å². The molecule has 4 aliphatic rings. The summed E-state index contributed by atoms with van der Waals surface area (Å²) in [6.07, 6.45) is 10.8. The number of urea groups is 1. The SMILES string of the molecule is CC(=O)O[C@@H](C)/C=C\C(=O)N[C@@H]1C[C@H](C)[C@H](C/C=C(C)/C=C/[C@@H]2C[C@]3(CO3)C[C@@H](CC(=O)NCNC(=O)OCc3ccc(N(C(=O)[C@@H](NC(=O)CCCCCNC(=O)OCC4c5ccccc5-c5ccccc54)C(C)C)[C@@H](CCCNC(N)=O)C(N)=O)cc3)O2)O[C@@H]1C. The summed E-state index contributed by atoms with van der Waals surface area (Å²) in [5, 5.41) is 16.4. The van der Waals surface area contributed by atoms with Crippen molar-refractivity contribution < 1.29 is 71.6 Å². The number of esters is 1. The lowest BCUT2D eigenvalue weighted by atomic mass is 9.88. The first kappa shape index (κ1) is 71.8. The van der Waals surface area contributed by atoms with E-state index in [4.69, 9.17) is 39.9 Å². The van der Waals surface area contributed by atoms with Crippen LogP contribution in [-0.4, -0.2) is 141 Å². The summed E-state index contributed by atoms with van der Waals surface area (Å²) in [5.74, 6) is -3.16. The van der Waals surface area contributed by atoms with E-state index in [1.165, 1.54) is 24.0 Å². The number of amides is 9. The van der Waals surface area contributed by atoms with Crippen molar-refractivity contribution in [2.45, 2.75) is 186 Å². The van der Waals surface area contributed by atoms with Gasteiger partial charge >= 0.3 is 24.2 Å². The highest BCUT2D eigenvalue weighted by molar-refractivity contribution is 6.04. The number of anilines is 1. The third-order valence-electron chi connectivity index (χ3n) is 17.0. The van der Waals surface area contributed by atoms with Crippen molar-refractivity contribution in [3.8, 4) is 11.1 Å². The van der Waals surface area contributed by atoms with Gasteiger partial charge in [-0.3, -0.25) is 33.7 Å². The predicted molar refractivity (Wildman–Crippen MR) is 347 cm³/mol. The molecule has 3 heterocycles. The van der Waals surface area contributed by atoms with Crippen molar-refractivity contribution in [2.75, 3.05) is 37.9 Å². The standard InChI is InChI=1S/C69H93N9O15/c1-42(2)63(77-60(80)21-9-8-14-32-73-67(86)89-39-56-54-18-12-10-16-52(54)53-17-11-13-19-55(53)56)65(84)78(58(64(70)83)20-15-33-72-66(71)85)49-27-25-48(26-28-49)38-88-68(87)75-41-74-62(82)35-51-37-69(40-90-69)36-50(93-51)29-22-43(3)23-30-59-44(4)34-57(46(6)92-59)76-61(81)31-24-45(5)91-47(7)79/h10-13,16-19,22-29,31,42,44-46,50-51,56-59,63H,8-9,14-15,20-21,30,32-41H2,1-7H3,(H2,70,83)(H,73,86)(H,74,82)(H,75,87)(H,76,81)(H,77,80)(H3,71,72,85)/b29-22+,31-24-,43-23+/t44-,45-,46+,50+,51+,57+,58-,59-,63-,69+/m0/s1. The van der Waals surface area contributed by atoms with Gasteiger partial charge in [0.1, 0.15) is 31.4 Å². The molecule has 9 amide bonds. The van der Waals surface area contributed by atoms with Crippen LogP contribution in [0.4, 0.5) is 20.1 Å². The maximum absolute atomic E-state index is 14.7. The molecule has 3 aromatic rings. The number of hydrogen-bond acceptors (Lipinski definition) is 15. The molecule has 3 aromatic carbocycles. The average Bonchev–Trinajstić information content (AvgIpc) is 1.65. The van der Waals surface area contributed by atoms with Crippen molar-refractivity contribution in [1.29, 1.82) is 0 Å². The van der Waals surface area contributed by atoms with E-state index in [9.17, 15) is 43.2 Å². The fourth-order valence-electron chi connectivity index (χ4n) is 12.0. The van der Waals surface area contributed by atoms with Gasteiger partial charge in [-0.2, -0.15) is 0 Å². The van der Waals surface area contributed by atoms with Crippen LogP contribution >= 0.6 is 0 Å². The van der Waals surface area contributed by atoms with Crippen molar-refractivity contribution in [1.82, 2.24) is 31.9 Å². The average molecular weight is 1290 g/mol. The molecule has 3 aliphatic heterocycles. The van der Waals surface area contributed by atoms with Crippen LogP contribution < -0.4 is 48.3 Å². The van der Waals surface area contributed by atoms with Crippen LogP contribution in [0.2, 0.25) is 0 Å². The topological polar surface area (TPSA) is 340 Å². The maximum atomic E-state index is 14.7. The van der Waals surface area contributed by atoms with Crippen LogP contribution in [0, 0.1) is 11.8 Å². The first-order valence-corrected chi connectivity index (χ1v) is 32.2. The van der Waals surface area contributed by atoms with Crippen molar-refractivity contribution in [3.63, 3.8) is 0 Å². The Labute approximate surface area is 544 Å². The molecule has 3 fully saturated rings. The Bertz CT molecular complexity index is 3140. The van der Waals surface area contributed by atoms with Gasteiger partial charge in [0.25, 0.3) is 5.91 Å². The van der Waals surface area contributed by atoms with E-state index >= 15 is 0 Å². The van der Waals surface area contributed by atoms with Gasteiger partial charge in [0.05, 0.1) is 55.8 Å². The summed E-state index contributed by atoms with van der Waals surface area (Å²) >= 11 is 0. The Morgan fingerprint density at radius 3 is 2.10 bits per heavy atom. The van der Waals surface area contributed by atoms with E-state index in [0.29, 0.717) is 57.2 Å². The first-order chi connectivity index (χ1) is 44.5. The number of nitrogens with one attached hydrogen (secondary N) is 6. The molecule has 0 aromatic heterocycles. The number of primary amides is 2. The molecule has 0 radical (unpaired) electrons. The molecule has 93 heavy (non-hydrogen) atoms. The van der Waals surface area contributed by atoms with Crippen LogP contribution in [0.1, 0.15) is 142 Å². The normalized spacial score (nSPS) is 21.7. The number of carbonyl (C=O) groups excluding carboxylic acids is 9. The van der Waals surface area contributed by atoms with Gasteiger partial charge in [0.15, 0.2) is 0 Å². The molecule has 24 nitrogen and oxygen atoms in total. The minimum atomic E-state index is -1.20. The van der Waals surface area contributed by atoms with Crippen molar-refractivity contribution in [2.24, 2.45) is 23.3 Å². The van der Waals surface area contributed by atoms with Gasteiger partial charge < -0.3 is 71.8 Å². The number of fused-ring (bicyclic) bond motifs is 3. The van der Waals surface area contributed by atoms with Crippen LogP contribution in [0.5, 0.6) is 0 Å². The van der Waals surface area contributed by atoms with Crippen LogP contribution in [0.3, 0.4) is 0 Å². The highest BCUT2D eigenvalue weighted by atomic mass is 16.6. The number of carbonyl (C=O) groups is 9. The van der Waals surface area contributed by atoms with Crippen molar-refractivity contribution >= 4 is 59.4 Å². The fraction of sp³-hybridized carbons (Fsp3) is 0.522. The van der Waals surface area contributed by atoms with Gasteiger partial charge in [-0.15, -0.1) is 0 Å². The van der Waals surface area contributed by atoms with Gasteiger partial charge in [-0.1, -0.05) is 112 Å². The number of rotatable bonds is 32. The summed E-state index contributed by atoms with van der Waals surface area (Å²) in [7, 11) is 0. The molecule has 1 aliphatic carbocycles. The molecule has 3 saturated heterocycles. The number of nitrogens with two attached hydrogens (primary N) is 2. The number of ether oxygens (including phenoxy) is 6. The monoisotopic (exact) mass is 1290 g/mol.